The molecular formula is C22H20F3N7O6S. The number of nitrogens with one attached hydrogen (secondary N) is 1. The zero-order chi connectivity index (χ0) is 28.2. The van der Waals surface area contributed by atoms with Crippen LogP contribution in [0.1, 0.15) is 17.9 Å². The van der Waals surface area contributed by atoms with Crippen molar-refractivity contribution in [3.05, 3.63) is 66.5 Å². The highest BCUT2D eigenvalue weighted by Crippen LogP contribution is 2.36. The smallest absolute Gasteiger partial charge is 0.494 e. The van der Waals surface area contributed by atoms with Crippen molar-refractivity contribution in [2.75, 3.05) is 14.2 Å². The Kier molecular flexibility index (Phi) is 7.61. The normalized spacial score (nSPS) is 11.6. The van der Waals surface area contributed by atoms with Crippen molar-refractivity contribution < 1.29 is 42.0 Å². The van der Waals surface area contributed by atoms with Gasteiger partial charge in [-0.05, 0) is 24.3 Å². The van der Waals surface area contributed by atoms with Crippen LogP contribution in [0.5, 0.6) is 17.4 Å². The fraction of sp³-hybridized carbons (Fsp3) is 0.182. The SMILES string of the molecule is COc1cccc(OC)c1-n1c(C(=O)NS(=O)(=O)Cc2ncccn2)nnc1-c1cccc(OC(F)(F)F)n1.[HH]. The summed E-state index contributed by atoms with van der Waals surface area (Å²) in [4.78, 5) is 24.7. The van der Waals surface area contributed by atoms with Crippen molar-refractivity contribution in [1.82, 2.24) is 34.4 Å². The van der Waals surface area contributed by atoms with Crippen LogP contribution in [-0.2, 0) is 15.8 Å². The number of pyridine rings is 1. The first-order valence-corrected chi connectivity index (χ1v) is 12.4. The molecule has 0 aliphatic carbocycles. The zero-order valence-corrected chi connectivity index (χ0v) is 20.9. The van der Waals surface area contributed by atoms with Gasteiger partial charge in [0.2, 0.25) is 21.7 Å². The Bertz CT molecular complexity index is 1580. The number of benzene rings is 1. The van der Waals surface area contributed by atoms with E-state index in [4.69, 9.17) is 9.47 Å². The molecule has 0 bridgehead atoms. The molecular weight excluding hydrogens is 547 g/mol. The minimum atomic E-state index is -5.02. The van der Waals surface area contributed by atoms with Crippen molar-refractivity contribution in [1.29, 1.82) is 0 Å². The van der Waals surface area contributed by atoms with E-state index in [-0.39, 0.29) is 36.0 Å². The van der Waals surface area contributed by atoms with Crippen LogP contribution < -0.4 is 18.9 Å². The predicted molar refractivity (Wildman–Crippen MR) is 129 cm³/mol. The maximum Gasteiger partial charge on any atom is 0.574 e. The Morgan fingerprint density at radius 2 is 1.64 bits per heavy atom. The van der Waals surface area contributed by atoms with Gasteiger partial charge in [-0.3, -0.25) is 9.36 Å². The number of sulfonamides is 1. The van der Waals surface area contributed by atoms with Gasteiger partial charge in [0, 0.05) is 19.9 Å². The van der Waals surface area contributed by atoms with Gasteiger partial charge in [-0.2, -0.15) is 0 Å². The van der Waals surface area contributed by atoms with Gasteiger partial charge in [0.25, 0.3) is 0 Å². The Morgan fingerprint density at radius 3 is 2.26 bits per heavy atom. The highest BCUT2D eigenvalue weighted by Gasteiger charge is 2.33. The lowest BCUT2D eigenvalue weighted by atomic mass is 10.2. The number of amides is 1. The number of methoxy groups -OCH3 is 2. The lowest BCUT2D eigenvalue weighted by molar-refractivity contribution is -0.276. The third kappa shape index (κ3) is 6.38. The third-order valence-corrected chi connectivity index (χ3v) is 5.99. The van der Waals surface area contributed by atoms with Crippen LogP contribution in [0.3, 0.4) is 0 Å². The van der Waals surface area contributed by atoms with Crippen molar-refractivity contribution in [2.24, 2.45) is 0 Å². The van der Waals surface area contributed by atoms with E-state index in [1.807, 2.05) is 4.72 Å². The summed E-state index contributed by atoms with van der Waals surface area (Å²) >= 11 is 0. The molecule has 4 aromatic rings. The van der Waals surface area contributed by atoms with E-state index in [1.165, 1.54) is 56.9 Å². The van der Waals surface area contributed by atoms with Gasteiger partial charge in [0.05, 0.1) is 14.2 Å². The van der Waals surface area contributed by atoms with Gasteiger partial charge in [0.1, 0.15) is 34.5 Å². The molecule has 4 rings (SSSR count). The Morgan fingerprint density at radius 1 is 1.00 bits per heavy atom. The molecule has 1 N–H and O–H groups in total. The summed E-state index contributed by atoms with van der Waals surface area (Å²) in [6.45, 7) is 0. The molecule has 13 nitrogen and oxygen atoms in total. The van der Waals surface area contributed by atoms with E-state index in [1.54, 1.807) is 6.07 Å². The molecule has 0 aliphatic heterocycles. The van der Waals surface area contributed by atoms with Crippen molar-refractivity contribution in [3.8, 4) is 34.6 Å². The molecule has 17 heteroatoms. The largest absolute Gasteiger partial charge is 0.574 e. The number of carbonyl (C=O) groups excluding carboxylic acids is 1. The molecule has 0 radical (unpaired) electrons. The minimum Gasteiger partial charge on any atom is -0.494 e. The summed E-state index contributed by atoms with van der Waals surface area (Å²) in [6.07, 6.45) is -2.35. The quantitative estimate of drug-likeness (QED) is 0.317. The number of nitrogens with zero attached hydrogens (tertiary/aromatic N) is 6. The first-order chi connectivity index (χ1) is 18.5. The van der Waals surface area contributed by atoms with E-state index in [9.17, 15) is 26.4 Å². The number of alkyl halides is 3. The second-order valence-corrected chi connectivity index (χ2v) is 9.18. The van der Waals surface area contributed by atoms with Gasteiger partial charge in [-0.1, -0.05) is 12.1 Å². The monoisotopic (exact) mass is 567 g/mol. The second kappa shape index (κ2) is 10.9. The van der Waals surface area contributed by atoms with Crippen LogP contribution in [0.4, 0.5) is 13.2 Å². The number of carbonyl (C=O) groups is 1. The molecule has 206 valence electrons. The zero-order valence-electron chi connectivity index (χ0n) is 20.1. The second-order valence-electron chi connectivity index (χ2n) is 7.46. The summed E-state index contributed by atoms with van der Waals surface area (Å²) < 4.78 is 81.3. The molecule has 1 amide bonds. The van der Waals surface area contributed by atoms with Gasteiger partial charge in [-0.25, -0.2) is 28.1 Å². The summed E-state index contributed by atoms with van der Waals surface area (Å²) in [6, 6.07) is 9.54. The molecule has 0 fully saturated rings. The van der Waals surface area contributed by atoms with Crippen molar-refractivity contribution >= 4 is 15.9 Å². The Labute approximate surface area is 220 Å². The highest BCUT2D eigenvalue weighted by atomic mass is 32.2. The van der Waals surface area contributed by atoms with E-state index in [0.29, 0.717) is 0 Å². The topological polar surface area (TPSA) is 160 Å². The minimum absolute atomic E-state index is 0. The maximum absolute atomic E-state index is 13.2. The number of aromatic nitrogens is 6. The van der Waals surface area contributed by atoms with E-state index in [0.717, 1.165) is 10.6 Å². The van der Waals surface area contributed by atoms with Crippen molar-refractivity contribution in [2.45, 2.75) is 12.1 Å². The van der Waals surface area contributed by atoms with Gasteiger partial charge < -0.3 is 14.2 Å². The Hall–Kier alpha value is -4.80. The third-order valence-electron chi connectivity index (χ3n) is 4.85. The lowest BCUT2D eigenvalue weighted by Crippen LogP contribution is -2.34. The average Bonchev–Trinajstić information content (AvgIpc) is 3.32. The van der Waals surface area contributed by atoms with Crippen LogP contribution in [0.15, 0.2) is 54.9 Å². The standard InChI is InChI=1S/C22H18F3N7O6S.H2/c1-36-14-7-4-8-15(37-2)18(14)32-19(13-6-3-9-17(28-13)38-22(23,24)25)29-30-20(32)21(33)31-39(34,35)12-16-26-10-5-11-27-16;/h3-11H,12H2,1-2H3,(H,31,33);1H. The Balaban J connectivity index is 0.00000441. The molecule has 0 spiro atoms. The first-order valence-electron chi connectivity index (χ1n) is 10.7. The summed E-state index contributed by atoms with van der Waals surface area (Å²) in [5.74, 6) is -3.39. The fourth-order valence-electron chi connectivity index (χ4n) is 3.37. The van der Waals surface area contributed by atoms with Crippen LogP contribution >= 0.6 is 0 Å². The van der Waals surface area contributed by atoms with E-state index < -0.39 is 39.8 Å². The lowest BCUT2D eigenvalue weighted by Gasteiger charge is -2.17. The van der Waals surface area contributed by atoms with E-state index in [2.05, 4.69) is 29.9 Å². The van der Waals surface area contributed by atoms with Crippen LogP contribution in [0.25, 0.3) is 17.2 Å². The van der Waals surface area contributed by atoms with Gasteiger partial charge in [0.15, 0.2) is 5.82 Å². The highest BCUT2D eigenvalue weighted by molar-refractivity contribution is 7.89. The van der Waals surface area contributed by atoms with E-state index >= 15 is 0 Å². The average molecular weight is 568 g/mol. The summed E-state index contributed by atoms with van der Waals surface area (Å²) in [5.41, 5.74) is -0.155. The molecule has 0 saturated heterocycles. The van der Waals surface area contributed by atoms with Crippen molar-refractivity contribution in [3.63, 3.8) is 0 Å². The summed E-state index contributed by atoms with van der Waals surface area (Å²) in [5, 5.41) is 7.71. The molecule has 0 unspecified atom stereocenters. The number of hydrogen-bond donors (Lipinski definition) is 1. The molecule has 1 aromatic carbocycles. The fourth-order valence-corrected chi connectivity index (χ4v) is 4.31. The number of para-hydroxylation sites is 1. The molecule has 0 aliphatic rings. The maximum atomic E-state index is 13.2. The number of rotatable bonds is 9. The van der Waals surface area contributed by atoms with Gasteiger partial charge >= 0.3 is 12.3 Å². The predicted octanol–water partition coefficient (Wildman–Crippen LogP) is 2.54. The molecule has 3 aromatic heterocycles. The number of hydrogen-bond acceptors (Lipinski definition) is 11. The number of ether oxygens (including phenoxy) is 3. The molecule has 39 heavy (non-hydrogen) atoms. The van der Waals surface area contributed by atoms with Gasteiger partial charge in [-0.15, -0.1) is 23.4 Å². The molecule has 0 saturated carbocycles. The number of halogens is 3. The summed E-state index contributed by atoms with van der Waals surface area (Å²) in [7, 11) is -1.68. The van der Waals surface area contributed by atoms with Crippen LogP contribution in [0.2, 0.25) is 0 Å². The molecule has 0 atom stereocenters. The van der Waals surface area contributed by atoms with Crippen LogP contribution in [0, 0.1) is 0 Å². The first kappa shape index (κ1) is 27.2. The van der Waals surface area contributed by atoms with Crippen LogP contribution in [-0.4, -0.2) is 64.6 Å². The molecule has 3 heterocycles.